The fraction of sp³-hybridized carbons (Fsp3) is 0.231. The van der Waals surface area contributed by atoms with Crippen molar-refractivity contribution in [2.45, 2.75) is 20.4 Å². The van der Waals surface area contributed by atoms with Crippen LogP contribution >= 0.6 is 27.3 Å². The van der Waals surface area contributed by atoms with E-state index in [9.17, 15) is 10.1 Å². The highest BCUT2D eigenvalue weighted by Gasteiger charge is 2.14. The van der Waals surface area contributed by atoms with Crippen LogP contribution in [-0.4, -0.2) is 4.92 Å². The van der Waals surface area contributed by atoms with Gasteiger partial charge in [0.15, 0.2) is 0 Å². The van der Waals surface area contributed by atoms with Crippen LogP contribution < -0.4 is 5.32 Å². The molecule has 1 aromatic carbocycles. The fourth-order valence-corrected chi connectivity index (χ4v) is 3.07. The summed E-state index contributed by atoms with van der Waals surface area (Å²) in [4.78, 5) is 13.0. The third-order valence-electron chi connectivity index (χ3n) is 2.73. The second-order valence-electron chi connectivity index (χ2n) is 4.24. The number of rotatable bonds is 4. The van der Waals surface area contributed by atoms with Gasteiger partial charge < -0.3 is 5.32 Å². The van der Waals surface area contributed by atoms with Crippen LogP contribution in [0.4, 0.5) is 11.4 Å². The summed E-state index contributed by atoms with van der Waals surface area (Å²) < 4.78 is 0.707. The van der Waals surface area contributed by atoms with Gasteiger partial charge in [-0.1, -0.05) is 0 Å². The molecule has 0 bridgehead atoms. The lowest BCUT2D eigenvalue weighted by atomic mass is 10.2. The third-order valence-corrected chi connectivity index (χ3v) is 4.39. The lowest BCUT2D eigenvalue weighted by Gasteiger charge is -2.09. The Kier molecular flexibility index (Phi) is 4.21. The van der Waals surface area contributed by atoms with E-state index in [1.54, 1.807) is 24.3 Å². The van der Waals surface area contributed by atoms with Gasteiger partial charge in [-0.2, -0.15) is 0 Å². The Morgan fingerprint density at radius 2 is 2.11 bits per heavy atom. The second-order valence-corrected chi connectivity index (χ2v) is 6.47. The van der Waals surface area contributed by atoms with Crippen molar-refractivity contribution in [3.8, 4) is 0 Å². The van der Waals surface area contributed by atoms with Crippen molar-refractivity contribution in [1.82, 2.24) is 0 Å². The van der Waals surface area contributed by atoms with Crippen molar-refractivity contribution in [1.29, 1.82) is 0 Å². The molecule has 2 rings (SSSR count). The van der Waals surface area contributed by atoms with Gasteiger partial charge >= 0.3 is 0 Å². The molecule has 0 fully saturated rings. The molecular formula is C13H13BrN2O2S. The van der Waals surface area contributed by atoms with E-state index in [1.807, 2.05) is 0 Å². The van der Waals surface area contributed by atoms with E-state index in [0.29, 0.717) is 16.6 Å². The zero-order valence-corrected chi connectivity index (χ0v) is 13.0. The van der Waals surface area contributed by atoms with Gasteiger partial charge in [0.05, 0.1) is 4.92 Å². The van der Waals surface area contributed by atoms with E-state index in [0.717, 1.165) is 5.69 Å². The molecule has 1 heterocycles. The number of halogens is 1. The maximum absolute atomic E-state index is 10.8. The number of benzene rings is 1. The molecule has 0 radical (unpaired) electrons. The molecule has 0 aliphatic rings. The lowest BCUT2D eigenvalue weighted by molar-refractivity contribution is -0.385. The first-order valence-corrected chi connectivity index (χ1v) is 7.32. The summed E-state index contributed by atoms with van der Waals surface area (Å²) in [7, 11) is 0. The summed E-state index contributed by atoms with van der Waals surface area (Å²) in [5.74, 6) is 0. The molecule has 1 N–H and O–H groups in total. The standard InChI is InChI=1S/C13H13BrN2O2S/c1-8-5-12(11(14)6-13(8)16(17)18)15-7-10-4-3-9(2)19-10/h3-6,15H,7H2,1-2H3. The number of hydrogen-bond donors (Lipinski definition) is 1. The van der Waals surface area contributed by atoms with Gasteiger partial charge in [-0.25, -0.2) is 0 Å². The summed E-state index contributed by atoms with van der Waals surface area (Å²) in [6.07, 6.45) is 0. The minimum atomic E-state index is -0.369. The highest BCUT2D eigenvalue weighted by atomic mass is 79.9. The van der Waals surface area contributed by atoms with E-state index >= 15 is 0 Å². The molecule has 19 heavy (non-hydrogen) atoms. The van der Waals surface area contributed by atoms with Crippen molar-refractivity contribution >= 4 is 38.6 Å². The molecule has 0 aliphatic heterocycles. The maximum atomic E-state index is 10.8. The molecule has 1 aromatic heterocycles. The predicted molar refractivity (Wildman–Crippen MR) is 81.9 cm³/mol. The average Bonchev–Trinajstić information content (AvgIpc) is 2.75. The van der Waals surface area contributed by atoms with Crippen LogP contribution in [0.5, 0.6) is 0 Å². The molecule has 0 aliphatic carbocycles. The van der Waals surface area contributed by atoms with Crippen LogP contribution in [0.15, 0.2) is 28.7 Å². The largest absolute Gasteiger partial charge is 0.379 e. The van der Waals surface area contributed by atoms with Gasteiger partial charge in [0, 0.05) is 38.1 Å². The zero-order chi connectivity index (χ0) is 14.0. The Hall–Kier alpha value is -1.40. The van der Waals surface area contributed by atoms with Crippen molar-refractivity contribution in [2.75, 3.05) is 5.32 Å². The lowest BCUT2D eigenvalue weighted by Crippen LogP contribution is -2.00. The topological polar surface area (TPSA) is 55.2 Å². The Morgan fingerprint density at radius 1 is 1.37 bits per heavy atom. The highest BCUT2D eigenvalue weighted by Crippen LogP contribution is 2.31. The van der Waals surface area contributed by atoms with Gasteiger partial charge in [-0.05, 0) is 48.0 Å². The van der Waals surface area contributed by atoms with Crippen LogP contribution in [0.3, 0.4) is 0 Å². The Labute approximate surface area is 123 Å². The minimum Gasteiger partial charge on any atom is -0.379 e. The molecule has 100 valence electrons. The number of nitro groups is 1. The number of nitrogens with one attached hydrogen (secondary N) is 1. The first-order chi connectivity index (χ1) is 8.97. The van der Waals surface area contributed by atoms with Crippen LogP contribution in [0, 0.1) is 24.0 Å². The molecule has 0 amide bonds. The van der Waals surface area contributed by atoms with E-state index in [4.69, 9.17) is 0 Å². The van der Waals surface area contributed by atoms with Gasteiger partial charge in [-0.15, -0.1) is 11.3 Å². The normalized spacial score (nSPS) is 10.5. The van der Waals surface area contributed by atoms with E-state index in [1.165, 1.54) is 15.8 Å². The van der Waals surface area contributed by atoms with Crippen LogP contribution in [0.1, 0.15) is 15.3 Å². The fourth-order valence-electron chi connectivity index (χ4n) is 1.77. The molecule has 0 atom stereocenters. The van der Waals surface area contributed by atoms with Gasteiger partial charge in [0.2, 0.25) is 0 Å². The number of thiophene rings is 1. The molecule has 0 saturated carbocycles. The molecule has 0 unspecified atom stereocenters. The minimum absolute atomic E-state index is 0.129. The smallest absolute Gasteiger partial charge is 0.273 e. The van der Waals surface area contributed by atoms with Crippen LogP contribution in [0.2, 0.25) is 0 Å². The average molecular weight is 341 g/mol. The molecule has 0 spiro atoms. The van der Waals surface area contributed by atoms with Crippen LogP contribution in [-0.2, 0) is 6.54 Å². The van der Waals surface area contributed by atoms with Gasteiger partial charge in [0.1, 0.15) is 0 Å². The SMILES string of the molecule is Cc1ccc(CNc2cc(C)c([N+](=O)[O-])cc2Br)s1. The number of aryl methyl sites for hydroxylation is 2. The molecule has 6 heteroatoms. The Balaban J connectivity index is 2.17. The van der Waals surface area contributed by atoms with E-state index in [2.05, 4.69) is 40.3 Å². The maximum Gasteiger partial charge on any atom is 0.273 e. The number of hydrogen-bond acceptors (Lipinski definition) is 4. The first kappa shape index (κ1) is 14.0. The van der Waals surface area contributed by atoms with Gasteiger partial charge in [-0.3, -0.25) is 10.1 Å². The first-order valence-electron chi connectivity index (χ1n) is 5.71. The summed E-state index contributed by atoms with van der Waals surface area (Å²) >= 11 is 5.10. The zero-order valence-electron chi connectivity index (χ0n) is 10.6. The van der Waals surface area contributed by atoms with E-state index < -0.39 is 0 Å². The molecular weight excluding hydrogens is 328 g/mol. The summed E-state index contributed by atoms with van der Waals surface area (Å²) in [6.45, 7) is 4.53. The second kappa shape index (κ2) is 5.71. The summed E-state index contributed by atoms with van der Waals surface area (Å²) in [6, 6.07) is 7.50. The van der Waals surface area contributed by atoms with Crippen molar-refractivity contribution in [2.24, 2.45) is 0 Å². The summed E-state index contributed by atoms with van der Waals surface area (Å²) in [5.41, 5.74) is 1.65. The van der Waals surface area contributed by atoms with E-state index in [-0.39, 0.29) is 10.6 Å². The molecule has 4 nitrogen and oxygen atoms in total. The number of nitrogens with zero attached hydrogens (tertiary/aromatic N) is 1. The van der Waals surface area contributed by atoms with Crippen molar-refractivity contribution in [3.05, 3.63) is 54.2 Å². The summed E-state index contributed by atoms with van der Waals surface area (Å²) in [5, 5.41) is 14.1. The Bertz CT molecular complexity index is 625. The number of anilines is 1. The monoisotopic (exact) mass is 340 g/mol. The van der Waals surface area contributed by atoms with Crippen LogP contribution in [0.25, 0.3) is 0 Å². The quantitative estimate of drug-likeness (QED) is 0.651. The molecule has 0 saturated heterocycles. The van der Waals surface area contributed by atoms with Crippen molar-refractivity contribution in [3.63, 3.8) is 0 Å². The highest BCUT2D eigenvalue weighted by molar-refractivity contribution is 9.10. The van der Waals surface area contributed by atoms with Crippen molar-refractivity contribution < 1.29 is 4.92 Å². The molecule has 2 aromatic rings. The Morgan fingerprint density at radius 3 is 2.68 bits per heavy atom. The third kappa shape index (κ3) is 3.33. The predicted octanol–water partition coefficient (Wildman–Crippen LogP) is 4.65. The number of nitro benzene ring substituents is 1. The van der Waals surface area contributed by atoms with Gasteiger partial charge in [0.25, 0.3) is 5.69 Å².